The highest BCUT2D eigenvalue weighted by atomic mass is 32.1. The van der Waals surface area contributed by atoms with Gasteiger partial charge in [-0.3, -0.25) is 0 Å². The molecule has 0 amide bonds. The van der Waals surface area contributed by atoms with Gasteiger partial charge in [0.25, 0.3) is 0 Å². The zero-order chi connectivity index (χ0) is 14.4. The molecular formula is C15H16N4S. The number of nitrogens with one attached hydrogen (secondary N) is 1. The first-order valence-electron chi connectivity index (χ1n) is 6.22. The lowest BCUT2D eigenvalue weighted by Gasteiger charge is -2.23. The number of fused-ring (bicyclic) bond motifs is 1. The molecule has 0 bridgehead atoms. The molecule has 0 aliphatic rings. The van der Waals surface area contributed by atoms with Gasteiger partial charge in [-0.05, 0) is 30.4 Å². The molecule has 102 valence electrons. The Balaban J connectivity index is 2.15. The third kappa shape index (κ3) is 3.39. The van der Waals surface area contributed by atoms with Crippen molar-refractivity contribution in [2.45, 2.75) is 0 Å². The Hall–Kier alpha value is -2.27. The maximum Gasteiger partial charge on any atom is 0.173 e. The number of benzene rings is 1. The highest BCUT2D eigenvalue weighted by molar-refractivity contribution is 7.80. The summed E-state index contributed by atoms with van der Waals surface area (Å²) in [6.45, 7) is 8.82. The van der Waals surface area contributed by atoms with Crippen LogP contribution in [0.1, 0.15) is 0 Å². The minimum absolute atomic E-state index is 0.640. The monoisotopic (exact) mass is 284 g/mol. The van der Waals surface area contributed by atoms with Crippen molar-refractivity contribution in [1.29, 1.82) is 0 Å². The van der Waals surface area contributed by atoms with Crippen molar-refractivity contribution in [3.05, 3.63) is 56.0 Å². The summed E-state index contributed by atoms with van der Waals surface area (Å²) in [5.74, 6) is 0. The normalized spacial score (nSPS) is 10.0. The molecule has 4 nitrogen and oxygen atoms in total. The van der Waals surface area contributed by atoms with Gasteiger partial charge in [-0.2, -0.15) is 0 Å². The van der Waals surface area contributed by atoms with Crippen LogP contribution < -0.4 is 5.32 Å². The molecular weight excluding hydrogens is 268 g/mol. The smallest absolute Gasteiger partial charge is 0.173 e. The van der Waals surface area contributed by atoms with E-state index >= 15 is 0 Å². The van der Waals surface area contributed by atoms with Gasteiger partial charge in [0.05, 0.1) is 5.52 Å². The number of aromatic nitrogens is 2. The van der Waals surface area contributed by atoms with Crippen molar-refractivity contribution < 1.29 is 0 Å². The minimum atomic E-state index is 0.640. The van der Waals surface area contributed by atoms with Crippen LogP contribution in [0, 0.1) is 0 Å². The van der Waals surface area contributed by atoms with Gasteiger partial charge in [0, 0.05) is 30.4 Å². The standard InChI is InChI=1S/C15H16N4S/c1-3-7-19(8-4-2)15(20)18-13-5-6-14-12(9-13)10-16-11-17-14/h3-6,9-11H,1-2,7-8H2,(H,18,20). The van der Waals surface area contributed by atoms with Crippen molar-refractivity contribution in [2.75, 3.05) is 18.4 Å². The SMILES string of the molecule is C=CCN(CC=C)C(=S)Nc1ccc2ncncc2c1. The molecule has 0 radical (unpaired) electrons. The van der Waals surface area contributed by atoms with Gasteiger partial charge in [-0.1, -0.05) is 12.2 Å². The fraction of sp³-hybridized carbons (Fsp3) is 0.133. The van der Waals surface area contributed by atoms with E-state index in [2.05, 4.69) is 28.4 Å². The lowest BCUT2D eigenvalue weighted by atomic mass is 10.2. The van der Waals surface area contributed by atoms with Crippen molar-refractivity contribution in [3.63, 3.8) is 0 Å². The molecule has 0 saturated carbocycles. The molecule has 0 atom stereocenters. The number of hydrogen-bond donors (Lipinski definition) is 1. The molecule has 5 heteroatoms. The maximum absolute atomic E-state index is 5.40. The van der Waals surface area contributed by atoms with Gasteiger partial charge in [-0.15, -0.1) is 13.2 Å². The summed E-state index contributed by atoms with van der Waals surface area (Å²) >= 11 is 5.40. The Morgan fingerprint density at radius 3 is 2.75 bits per heavy atom. The number of nitrogens with zero attached hydrogens (tertiary/aromatic N) is 3. The van der Waals surface area contributed by atoms with Crippen LogP contribution in [-0.4, -0.2) is 33.1 Å². The topological polar surface area (TPSA) is 41.0 Å². The van der Waals surface area contributed by atoms with E-state index in [4.69, 9.17) is 12.2 Å². The van der Waals surface area contributed by atoms with Gasteiger partial charge in [-0.25, -0.2) is 9.97 Å². The summed E-state index contributed by atoms with van der Waals surface area (Å²) in [4.78, 5) is 10.2. The zero-order valence-electron chi connectivity index (χ0n) is 11.1. The zero-order valence-corrected chi connectivity index (χ0v) is 11.9. The van der Waals surface area contributed by atoms with Gasteiger partial charge in [0.2, 0.25) is 0 Å². The van der Waals surface area contributed by atoms with Crippen LogP contribution in [-0.2, 0) is 0 Å². The van der Waals surface area contributed by atoms with Crippen LogP contribution in [0.2, 0.25) is 0 Å². The first kappa shape index (κ1) is 14.1. The molecule has 0 spiro atoms. The maximum atomic E-state index is 5.40. The largest absolute Gasteiger partial charge is 0.342 e. The number of anilines is 1. The van der Waals surface area contributed by atoms with Crippen LogP contribution in [0.25, 0.3) is 10.9 Å². The fourth-order valence-corrected chi connectivity index (χ4v) is 2.08. The predicted octanol–water partition coefficient (Wildman–Crippen LogP) is 3.00. The molecule has 1 aromatic heterocycles. The van der Waals surface area contributed by atoms with Crippen LogP contribution in [0.3, 0.4) is 0 Å². The average molecular weight is 284 g/mol. The molecule has 1 heterocycles. The quantitative estimate of drug-likeness (QED) is 0.675. The molecule has 0 aliphatic carbocycles. The Labute approximate surface area is 123 Å². The third-order valence-corrected chi connectivity index (χ3v) is 3.10. The summed E-state index contributed by atoms with van der Waals surface area (Å²) < 4.78 is 0. The van der Waals surface area contributed by atoms with Gasteiger partial charge in [0.1, 0.15) is 6.33 Å². The summed E-state index contributed by atoms with van der Waals surface area (Å²) in [5, 5.41) is 4.82. The molecule has 0 fully saturated rings. The van der Waals surface area contributed by atoms with E-state index in [9.17, 15) is 0 Å². The van der Waals surface area contributed by atoms with Gasteiger partial charge >= 0.3 is 0 Å². The number of rotatable bonds is 5. The lowest BCUT2D eigenvalue weighted by molar-refractivity contribution is 0.522. The Kier molecular flexibility index (Phi) is 4.79. The summed E-state index contributed by atoms with van der Waals surface area (Å²) in [5.41, 5.74) is 1.82. The van der Waals surface area contributed by atoms with E-state index in [-0.39, 0.29) is 0 Å². The summed E-state index contributed by atoms with van der Waals surface area (Å²) in [6.07, 6.45) is 6.94. The van der Waals surface area contributed by atoms with E-state index in [1.54, 1.807) is 6.20 Å². The molecule has 1 aromatic carbocycles. The average Bonchev–Trinajstić information content (AvgIpc) is 2.47. The Morgan fingerprint density at radius 2 is 2.05 bits per heavy atom. The molecule has 2 aromatic rings. The van der Waals surface area contributed by atoms with Crippen LogP contribution in [0.15, 0.2) is 56.0 Å². The van der Waals surface area contributed by atoms with E-state index in [1.165, 1.54) is 6.33 Å². The number of hydrogen-bond acceptors (Lipinski definition) is 3. The first-order chi connectivity index (χ1) is 9.74. The van der Waals surface area contributed by atoms with Crippen molar-refractivity contribution >= 4 is 33.9 Å². The Morgan fingerprint density at radius 1 is 1.30 bits per heavy atom. The lowest BCUT2D eigenvalue weighted by Crippen LogP contribution is -2.34. The van der Waals surface area contributed by atoms with E-state index in [0.29, 0.717) is 18.2 Å². The molecule has 1 N–H and O–H groups in total. The fourth-order valence-electron chi connectivity index (χ4n) is 1.82. The highest BCUT2D eigenvalue weighted by Crippen LogP contribution is 2.16. The summed E-state index contributed by atoms with van der Waals surface area (Å²) in [6, 6.07) is 5.86. The number of thiocarbonyl (C=S) groups is 1. The van der Waals surface area contributed by atoms with Crippen molar-refractivity contribution in [1.82, 2.24) is 14.9 Å². The van der Waals surface area contributed by atoms with E-state index < -0.39 is 0 Å². The third-order valence-electron chi connectivity index (χ3n) is 2.74. The van der Waals surface area contributed by atoms with Gasteiger partial charge in [0.15, 0.2) is 5.11 Å². The molecule has 0 saturated heterocycles. The van der Waals surface area contributed by atoms with Crippen LogP contribution >= 0.6 is 12.2 Å². The predicted molar refractivity (Wildman–Crippen MR) is 87.7 cm³/mol. The highest BCUT2D eigenvalue weighted by Gasteiger charge is 2.07. The van der Waals surface area contributed by atoms with Gasteiger partial charge < -0.3 is 10.2 Å². The van der Waals surface area contributed by atoms with Crippen LogP contribution in [0.5, 0.6) is 0 Å². The van der Waals surface area contributed by atoms with Crippen molar-refractivity contribution in [3.8, 4) is 0 Å². The molecule has 2 rings (SSSR count). The second-order valence-electron chi connectivity index (χ2n) is 4.21. The van der Waals surface area contributed by atoms with E-state index in [0.717, 1.165) is 16.6 Å². The van der Waals surface area contributed by atoms with E-state index in [1.807, 2.05) is 35.3 Å². The first-order valence-corrected chi connectivity index (χ1v) is 6.63. The second kappa shape index (κ2) is 6.77. The molecule has 0 aliphatic heterocycles. The Bertz CT molecular complexity index is 629. The molecule has 20 heavy (non-hydrogen) atoms. The second-order valence-corrected chi connectivity index (χ2v) is 4.60. The summed E-state index contributed by atoms with van der Waals surface area (Å²) in [7, 11) is 0. The van der Waals surface area contributed by atoms with Crippen LogP contribution in [0.4, 0.5) is 5.69 Å². The minimum Gasteiger partial charge on any atom is -0.342 e. The molecule has 0 unspecified atom stereocenters. The van der Waals surface area contributed by atoms with Crippen molar-refractivity contribution in [2.24, 2.45) is 0 Å².